The molecule has 0 saturated heterocycles. The zero-order valence-electron chi connectivity index (χ0n) is 9.25. The average molecular weight is 200 g/mol. The highest BCUT2D eigenvalue weighted by atomic mass is 16.5. The van der Waals surface area contributed by atoms with E-state index in [2.05, 4.69) is 10.2 Å². The first-order chi connectivity index (χ1) is 6.63. The predicted molar refractivity (Wildman–Crippen MR) is 55.1 cm³/mol. The summed E-state index contributed by atoms with van der Waals surface area (Å²) < 4.78 is 4.75. The van der Waals surface area contributed by atoms with Gasteiger partial charge in [0.15, 0.2) is 0 Å². The van der Waals surface area contributed by atoms with E-state index in [9.17, 15) is 4.79 Å². The molecule has 4 nitrogen and oxygen atoms in total. The number of nitrogens with zero attached hydrogens (tertiary/aromatic N) is 1. The van der Waals surface area contributed by atoms with Crippen LogP contribution in [0, 0.1) is 0 Å². The Hall–Kier alpha value is -0.610. The molecule has 0 aromatic carbocycles. The number of esters is 1. The van der Waals surface area contributed by atoms with Gasteiger partial charge in [0.1, 0.15) is 6.04 Å². The van der Waals surface area contributed by atoms with Crippen molar-refractivity contribution in [1.29, 1.82) is 0 Å². The lowest BCUT2D eigenvalue weighted by atomic mass is 10.2. The van der Waals surface area contributed by atoms with Gasteiger partial charge in [0.25, 0.3) is 0 Å². The number of carbonyl (C=O) groups is 1. The van der Waals surface area contributed by atoms with Gasteiger partial charge in [-0.1, -0.05) is 0 Å². The van der Waals surface area contributed by atoms with Crippen molar-refractivity contribution in [3.8, 4) is 0 Å². The molecule has 1 saturated carbocycles. The smallest absolute Gasteiger partial charge is 0.322 e. The zero-order chi connectivity index (χ0) is 10.6. The van der Waals surface area contributed by atoms with E-state index in [0.29, 0.717) is 6.04 Å². The molecule has 1 aliphatic rings. The lowest BCUT2D eigenvalue weighted by Crippen LogP contribution is -2.40. The first-order valence-electron chi connectivity index (χ1n) is 5.12. The summed E-state index contributed by atoms with van der Waals surface area (Å²) in [5.74, 6) is -0.140. The second-order valence-corrected chi connectivity index (χ2v) is 4.11. The van der Waals surface area contributed by atoms with E-state index in [1.54, 1.807) is 0 Å². The van der Waals surface area contributed by atoms with Crippen molar-refractivity contribution in [2.75, 3.05) is 27.7 Å². The molecular weight excluding hydrogens is 180 g/mol. The first kappa shape index (κ1) is 11.5. The molecular formula is C10H20N2O2. The molecule has 4 heteroatoms. The number of rotatable bonds is 6. The summed E-state index contributed by atoms with van der Waals surface area (Å²) in [5.41, 5.74) is 0. The highest BCUT2D eigenvalue weighted by Crippen LogP contribution is 2.20. The Bertz CT molecular complexity index is 191. The first-order valence-corrected chi connectivity index (χ1v) is 5.12. The van der Waals surface area contributed by atoms with Gasteiger partial charge in [-0.25, -0.2) is 0 Å². The molecule has 1 rings (SSSR count). The topological polar surface area (TPSA) is 41.6 Å². The Labute approximate surface area is 85.6 Å². The maximum absolute atomic E-state index is 11.4. The van der Waals surface area contributed by atoms with Crippen molar-refractivity contribution >= 4 is 5.97 Å². The van der Waals surface area contributed by atoms with Crippen LogP contribution in [0.5, 0.6) is 0 Å². The molecule has 0 aliphatic heterocycles. The highest BCUT2D eigenvalue weighted by Gasteiger charge is 2.28. The van der Waals surface area contributed by atoms with E-state index in [4.69, 9.17) is 4.74 Å². The summed E-state index contributed by atoms with van der Waals surface area (Å²) in [6.07, 6.45) is 3.20. The summed E-state index contributed by atoms with van der Waals surface area (Å²) >= 11 is 0. The molecule has 1 atom stereocenters. The van der Waals surface area contributed by atoms with Gasteiger partial charge in [-0.2, -0.15) is 0 Å². The van der Waals surface area contributed by atoms with Crippen molar-refractivity contribution in [2.45, 2.75) is 31.3 Å². The van der Waals surface area contributed by atoms with Crippen molar-refractivity contribution in [3.63, 3.8) is 0 Å². The maximum Gasteiger partial charge on any atom is 0.322 e. The molecule has 1 unspecified atom stereocenters. The van der Waals surface area contributed by atoms with Crippen molar-refractivity contribution in [2.24, 2.45) is 0 Å². The summed E-state index contributed by atoms with van der Waals surface area (Å²) in [6, 6.07) is 0.413. The SMILES string of the molecule is COC(=O)C(CCN(C)C)NC1CC1. The standard InChI is InChI=1S/C10H20N2O2/c1-12(2)7-6-9(10(13)14-3)11-8-4-5-8/h8-9,11H,4-7H2,1-3H3. The molecule has 82 valence electrons. The Morgan fingerprint density at radius 1 is 1.57 bits per heavy atom. The van der Waals surface area contributed by atoms with Crippen LogP contribution in [0.25, 0.3) is 0 Å². The second-order valence-electron chi connectivity index (χ2n) is 4.11. The van der Waals surface area contributed by atoms with Crippen LogP contribution in [0.3, 0.4) is 0 Å². The number of nitrogens with one attached hydrogen (secondary N) is 1. The Morgan fingerprint density at radius 2 is 2.21 bits per heavy atom. The summed E-state index contributed by atoms with van der Waals surface area (Å²) in [7, 11) is 5.45. The zero-order valence-corrected chi connectivity index (χ0v) is 9.25. The van der Waals surface area contributed by atoms with Gasteiger partial charge in [0.2, 0.25) is 0 Å². The fourth-order valence-electron chi connectivity index (χ4n) is 1.33. The molecule has 0 radical (unpaired) electrons. The van der Waals surface area contributed by atoms with E-state index in [0.717, 1.165) is 13.0 Å². The largest absolute Gasteiger partial charge is 0.468 e. The fourth-order valence-corrected chi connectivity index (χ4v) is 1.33. The van der Waals surface area contributed by atoms with Gasteiger partial charge in [-0.15, -0.1) is 0 Å². The average Bonchev–Trinajstić information content (AvgIpc) is 2.94. The molecule has 1 fully saturated rings. The third-order valence-electron chi connectivity index (χ3n) is 2.36. The van der Waals surface area contributed by atoms with Crippen LogP contribution in [0.15, 0.2) is 0 Å². The number of ether oxygens (including phenoxy) is 1. The van der Waals surface area contributed by atoms with Gasteiger partial charge in [-0.3, -0.25) is 4.79 Å². The lowest BCUT2D eigenvalue weighted by molar-refractivity contribution is -0.143. The minimum absolute atomic E-state index is 0.130. The Kier molecular flexibility index (Phi) is 4.35. The van der Waals surface area contributed by atoms with E-state index in [1.807, 2.05) is 14.1 Å². The van der Waals surface area contributed by atoms with Crippen LogP contribution in [-0.4, -0.2) is 50.7 Å². The second kappa shape index (κ2) is 5.32. The third kappa shape index (κ3) is 4.07. The summed E-state index contributed by atoms with van der Waals surface area (Å²) in [5, 5.41) is 3.30. The van der Waals surface area contributed by atoms with E-state index in [1.165, 1.54) is 20.0 Å². The maximum atomic E-state index is 11.4. The number of carbonyl (C=O) groups excluding carboxylic acids is 1. The molecule has 1 aliphatic carbocycles. The summed E-state index contributed by atoms with van der Waals surface area (Å²) in [4.78, 5) is 13.5. The third-order valence-corrected chi connectivity index (χ3v) is 2.36. The molecule has 1 N–H and O–H groups in total. The van der Waals surface area contributed by atoms with Gasteiger partial charge >= 0.3 is 5.97 Å². The van der Waals surface area contributed by atoms with Crippen LogP contribution < -0.4 is 5.32 Å². The summed E-state index contributed by atoms with van der Waals surface area (Å²) in [6.45, 7) is 0.902. The van der Waals surface area contributed by atoms with E-state index < -0.39 is 0 Å². The van der Waals surface area contributed by atoms with E-state index >= 15 is 0 Å². The predicted octanol–water partition coefficient (Wildman–Crippen LogP) is 0.232. The molecule has 0 heterocycles. The normalized spacial score (nSPS) is 18.3. The monoisotopic (exact) mass is 200 g/mol. The highest BCUT2D eigenvalue weighted by molar-refractivity contribution is 5.75. The van der Waals surface area contributed by atoms with Crippen LogP contribution in [-0.2, 0) is 9.53 Å². The molecule has 0 bridgehead atoms. The van der Waals surface area contributed by atoms with Gasteiger partial charge in [0.05, 0.1) is 7.11 Å². The minimum atomic E-state index is -0.140. The van der Waals surface area contributed by atoms with E-state index in [-0.39, 0.29) is 12.0 Å². The van der Waals surface area contributed by atoms with Crippen LogP contribution in [0.4, 0.5) is 0 Å². The van der Waals surface area contributed by atoms with Crippen molar-refractivity contribution in [3.05, 3.63) is 0 Å². The number of hydrogen-bond acceptors (Lipinski definition) is 4. The molecule has 0 aromatic rings. The number of hydrogen-bond donors (Lipinski definition) is 1. The van der Waals surface area contributed by atoms with Crippen molar-refractivity contribution < 1.29 is 9.53 Å². The Morgan fingerprint density at radius 3 is 2.64 bits per heavy atom. The van der Waals surface area contributed by atoms with Gasteiger partial charge < -0.3 is 15.0 Å². The quantitative estimate of drug-likeness (QED) is 0.623. The van der Waals surface area contributed by atoms with Crippen molar-refractivity contribution in [1.82, 2.24) is 10.2 Å². The molecule has 0 amide bonds. The lowest BCUT2D eigenvalue weighted by Gasteiger charge is -2.18. The fraction of sp³-hybridized carbons (Fsp3) is 0.900. The molecule has 14 heavy (non-hydrogen) atoms. The van der Waals surface area contributed by atoms with Crippen LogP contribution in [0.1, 0.15) is 19.3 Å². The molecule has 0 aromatic heterocycles. The molecule has 0 spiro atoms. The Balaban J connectivity index is 2.30. The van der Waals surface area contributed by atoms with Crippen LogP contribution >= 0.6 is 0 Å². The van der Waals surface area contributed by atoms with Crippen LogP contribution in [0.2, 0.25) is 0 Å². The minimum Gasteiger partial charge on any atom is -0.468 e. The van der Waals surface area contributed by atoms with Gasteiger partial charge in [0, 0.05) is 6.04 Å². The van der Waals surface area contributed by atoms with Gasteiger partial charge in [-0.05, 0) is 39.9 Å². The number of methoxy groups -OCH3 is 1.